The van der Waals surface area contributed by atoms with Gasteiger partial charge in [0.25, 0.3) is 0 Å². The lowest BCUT2D eigenvalue weighted by Crippen LogP contribution is -2.67. The summed E-state index contributed by atoms with van der Waals surface area (Å²) in [6.45, 7) is 21.1. The molecule has 2 fully saturated rings. The topological polar surface area (TPSA) is 264 Å². The number of hydrogen-bond acceptors (Lipinski definition) is 21. The standard InChI is InChI=1S/C79H138NO21P/c1-10-18-22-26-29-32-33-34-35-36-37-39-41-45-49-53-69(83)99-75-74(90-60-54-65(88-9)52-48-43-25-21-13-4)72(101-102(87,95-57-16-7)96-58-17-8)67(63-94-78(85)91-55-14-5)98-77(75)93-62-66-71(100-79(86)92-56-15-6)73(89-59-50-46-42-31-28-24-20-12-3)70(76(84)97-66)80-68(82)61-64(81)51-47-44-40-38-30-27-23-19-11-2/h14-17,32-33,65-67,70-77,84H,5-8,10-13,18-31,34-63H2,1-4,9H3,(H,80,82)/t65-,66-,67-,70-,71-,72-,73-,74+,75-,76+,77-/m1/s1. The monoisotopic (exact) mass is 1470 g/mol. The molecule has 102 heavy (non-hydrogen) atoms. The number of hydrogen-bond donors (Lipinski definition) is 2. The maximum atomic E-state index is 14.8. The number of esters is 1. The van der Waals surface area contributed by atoms with Gasteiger partial charge in [0.1, 0.15) is 62.2 Å². The van der Waals surface area contributed by atoms with E-state index in [1.165, 1.54) is 75.7 Å². The Hall–Kier alpha value is -4.32. The SMILES string of the molecule is C=CCOC(=O)OC[C@H]1O[C@@H](OC[C@H]2O[C@H](O)[C@H](NC(=O)CC(=O)CCCCCCCCCCC)[C@@H](OCCCCCCCCCC)[C@@H]2OC(=O)OCC=C)[C@H](OC(=O)CCCCCCCCCC=CCCCCCC)[C@@H](OCC[C@@H](CCCCCCC)OC)[C@@H]1OP(=O)(OCC=C)OCC=C. The zero-order valence-electron chi connectivity index (χ0n) is 63.6. The molecule has 0 bridgehead atoms. The molecule has 0 aromatic rings. The van der Waals surface area contributed by atoms with E-state index in [-0.39, 0.29) is 64.4 Å². The Bertz CT molecular complexity index is 2260. The first-order chi connectivity index (χ1) is 49.7. The summed E-state index contributed by atoms with van der Waals surface area (Å²) in [5.41, 5.74) is 0. The largest absolute Gasteiger partial charge is 0.509 e. The van der Waals surface area contributed by atoms with Crippen LogP contribution in [0.4, 0.5) is 9.59 Å². The minimum atomic E-state index is -4.68. The molecule has 0 aliphatic carbocycles. The fourth-order valence-electron chi connectivity index (χ4n) is 12.3. The molecule has 0 aromatic heterocycles. The number of nitrogens with one attached hydrogen (secondary N) is 1. The van der Waals surface area contributed by atoms with Crippen molar-refractivity contribution in [3.8, 4) is 0 Å². The number of rotatable bonds is 68. The molecule has 0 saturated carbocycles. The molecule has 2 rings (SSSR count). The van der Waals surface area contributed by atoms with Gasteiger partial charge >= 0.3 is 26.1 Å². The van der Waals surface area contributed by atoms with Crippen molar-refractivity contribution < 1.29 is 99.3 Å². The number of carbonyl (C=O) groups excluding carboxylic acids is 5. The van der Waals surface area contributed by atoms with E-state index in [1.54, 1.807) is 7.11 Å². The van der Waals surface area contributed by atoms with Crippen LogP contribution in [0.2, 0.25) is 0 Å². The van der Waals surface area contributed by atoms with Gasteiger partial charge in [0.15, 0.2) is 24.8 Å². The average Bonchev–Trinajstić information content (AvgIpc) is 0.782. The molecule has 22 nitrogen and oxygen atoms in total. The molecule has 2 aliphatic rings. The van der Waals surface area contributed by atoms with Crippen molar-refractivity contribution in [2.75, 3.05) is 60.0 Å². The second kappa shape index (κ2) is 62.8. The Morgan fingerprint density at radius 2 is 0.961 bits per heavy atom. The van der Waals surface area contributed by atoms with E-state index >= 15 is 0 Å². The average molecular weight is 1470 g/mol. The number of phosphoric ester groups is 1. The van der Waals surface area contributed by atoms with Crippen molar-refractivity contribution in [1.82, 2.24) is 5.32 Å². The summed E-state index contributed by atoms with van der Waals surface area (Å²) >= 11 is 0. The van der Waals surface area contributed by atoms with Crippen LogP contribution >= 0.6 is 7.82 Å². The molecule has 2 saturated heterocycles. The first-order valence-corrected chi connectivity index (χ1v) is 40.8. The Balaban J connectivity index is 2.77. The highest BCUT2D eigenvalue weighted by Gasteiger charge is 2.55. The third-order valence-electron chi connectivity index (χ3n) is 18.0. The molecular weight excluding hydrogens is 1330 g/mol. The first-order valence-electron chi connectivity index (χ1n) is 39.3. The molecule has 0 aromatic carbocycles. The first kappa shape index (κ1) is 93.8. The van der Waals surface area contributed by atoms with Gasteiger partial charge < -0.3 is 62.5 Å². The van der Waals surface area contributed by atoms with Crippen LogP contribution < -0.4 is 5.32 Å². The zero-order chi connectivity index (χ0) is 74.5. The van der Waals surface area contributed by atoms with Crippen LogP contribution in [-0.2, 0) is 84.6 Å². The predicted octanol–water partition coefficient (Wildman–Crippen LogP) is 18.4. The number of phosphoric acid groups is 1. The summed E-state index contributed by atoms with van der Waals surface area (Å²) in [4.78, 5) is 68.8. The maximum Gasteiger partial charge on any atom is 0.509 e. The van der Waals surface area contributed by atoms with Crippen LogP contribution in [0.15, 0.2) is 62.8 Å². The maximum absolute atomic E-state index is 14.8. The third-order valence-corrected chi connectivity index (χ3v) is 19.5. The lowest BCUT2D eigenvalue weighted by Gasteiger charge is -2.47. The Morgan fingerprint density at radius 1 is 0.480 bits per heavy atom. The van der Waals surface area contributed by atoms with Crippen LogP contribution in [0.3, 0.4) is 0 Å². The van der Waals surface area contributed by atoms with E-state index in [9.17, 15) is 33.6 Å². The van der Waals surface area contributed by atoms with E-state index in [2.05, 4.69) is 71.5 Å². The lowest BCUT2D eigenvalue weighted by atomic mass is 9.95. The van der Waals surface area contributed by atoms with E-state index in [0.717, 1.165) is 154 Å². The van der Waals surface area contributed by atoms with Crippen molar-refractivity contribution in [3.63, 3.8) is 0 Å². The van der Waals surface area contributed by atoms with Crippen molar-refractivity contribution in [2.24, 2.45) is 0 Å². The quantitative estimate of drug-likeness (QED) is 0.0143. The van der Waals surface area contributed by atoms with Crippen LogP contribution in [0, 0.1) is 0 Å². The number of aliphatic hydroxyl groups excluding tert-OH is 1. The fourth-order valence-corrected chi connectivity index (χ4v) is 13.6. The molecule has 590 valence electrons. The van der Waals surface area contributed by atoms with Gasteiger partial charge in [-0.2, -0.15) is 0 Å². The van der Waals surface area contributed by atoms with Gasteiger partial charge in [0.2, 0.25) is 5.91 Å². The molecule has 1 amide bonds. The molecule has 0 unspecified atom stereocenters. The second-order valence-electron chi connectivity index (χ2n) is 26.9. The highest BCUT2D eigenvalue weighted by Crippen LogP contribution is 2.53. The Morgan fingerprint density at radius 3 is 1.51 bits per heavy atom. The number of unbranched alkanes of at least 4 members (excludes halogenated alkanes) is 30. The summed E-state index contributed by atoms with van der Waals surface area (Å²) in [5, 5.41) is 14.9. The van der Waals surface area contributed by atoms with Gasteiger partial charge in [0.05, 0.1) is 32.3 Å². The summed E-state index contributed by atoms with van der Waals surface area (Å²) in [6.07, 6.45) is 30.2. The number of carbonyl (C=O) groups is 5. The van der Waals surface area contributed by atoms with Gasteiger partial charge in [-0.3, -0.25) is 28.0 Å². The molecule has 2 heterocycles. The molecular formula is C79H138NO21P. The smallest absolute Gasteiger partial charge is 0.454 e. The molecule has 2 N–H and O–H groups in total. The molecule has 0 spiro atoms. The van der Waals surface area contributed by atoms with Gasteiger partial charge in [-0.15, -0.1) is 13.2 Å². The number of methoxy groups -OCH3 is 1. The van der Waals surface area contributed by atoms with Crippen molar-refractivity contribution >= 4 is 37.8 Å². The molecule has 2 aliphatic heterocycles. The molecule has 23 heteroatoms. The normalized spacial score (nSPS) is 20.9. The number of aliphatic hydroxyl groups is 1. The Labute approximate surface area is 614 Å². The number of ketones is 1. The van der Waals surface area contributed by atoms with Crippen LogP contribution in [-0.4, -0.2) is 162 Å². The zero-order valence-corrected chi connectivity index (χ0v) is 64.5. The summed E-state index contributed by atoms with van der Waals surface area (Å²) < 4.78 is 100. The van der Waals surface area contributed by atoms with Crippen LogP contribution in [0.25, 0.3) is 0 Å². The highest BCUT2D eigenvalue weighted by atomic mass is 31.2. The van der Waals surface area contributed by atoms with Crippen LogP contribution in [0.5, 0.6) is 0 Å². The summed E-state index contributed by atoms with van der Waals surface area (Å²) in [5.74, 6) is -1.64. The summed E-state index contributed by atoms with van der Waals surface area (Å²) in [7, 11) is -3.06. The van der Waals surface area contributed by atoms with Gasteiger partial charge in [0, 0.05) is 33.2 Å². The Kier molecular flexibility index (Phi) is 57.8. The molecule has 0 radical (unpaired) electrons. The van der Waals surface area contributed by atoms with Crippen molar-refractivity contribution in [1.29, 1.82) is 0 Å². The number of amides is 1. The van der Waals surface area contributed by atoms with Gasteiger partial charge in [-0.1, -0.05) is 257 Å². The minimum Gasteiger partial charge on any atom is -0.454 e. The fraction of sp³-hybridized carbons (Fsp3) is 0.810. The highest BCUT2D eigenvalue weighted by molar-refractivity contribution is 7.48. The van der Waals surface area contributed by atoms with E-state index in [0.29, 0.717) is 32.1 Å². The predicted molar refractivity (Wildman–Crippen MR) is 398 cm³/mol. The number of Topliss-reactive ketones (excluding diaryl/α,β-unsaturated/α-hetero) is 1. The van der Waals surface area contributed by atoms with Crippen molar-refractivity contribution in [3.05, 3.63) is 62.8 Å². The second-order valence-corrected chi connectivity index (χ2v) is 28.5. The lowest BCUT2D eigenvalue weighted by molar-refractivity contribution is -0.324. The van der Waals surface area contributed by atoms with E-state index in [1.807, 2.05) is 0 Å². The van der Waals surface area contributed by atoms with Crippen molar-refractivity contribution in [2.45, 2.75) is 352 Å². The summed E-state index contributed by atoms with van der Waals surface area (Å²) in [6, 6.07) is -1.40. The minimum absolute atomic E-state index is 0.0319. The van der Waals surface area contributed by atoms with E-state index in [4.69, 9.17) is 65.7 Å². The third kappa shape index (κ3) is 44.6. The van der Waals surface area contributed by atoms with Gasteiger partial charge in [-0.25, -0.2) is 14.2 Å². The van der Waals surface area contributed by atoms with Gasteiger partial charge in [-0.05, 0) is 57.8 Å². The molecule has 11 atom stereocenters. The number of allylic oxidation sites excluding steroid dienone is 2. The van der Waals surface area contributed by atoms with E-state index < -0.39 is 113 Å². The number of ether oxygens (including phenoxy) is 11. The van der Waals surface area contributed by atoms with Crippen LogP contribution in [0.1, 0.15) is 285 Å².